The highest BCUT2D eigenvalue weighted by atomic mass is 15.2. The van der Waals surface area contributed by atoms with Crippen LogP contribution in [0.15, 0.2) is 48.9 Å². The second-order valence-corrected chi connectivity index (χ2v) is 4.73. The summed E-state index contributed by atoms with van der Waals surface area (Å²) in [6, 6.07) is 9.81. The zero-order valence-electron chi connectivity index (χ0n) is 11.0. The fourth-order valence-corrected chi connectivity index (χ4v) is 2.54. The first-order chi connectivity index (χ1) is 10.3. The number of hydrogen-bond donors (Lipinski definition) is 3. The summed E-state index contributed by atoms with van der Waals surface area (Å²) in [5, 5.41) is 15.3. The molecule has 1 aromatic carbocycles. The summed E-state index contributed by atoms with van der Waals surface area (Å²) in [4.78, 5) is 4.04. The Morgan fingerprint density at radius 1 is 1.00 bits per heavy atom. The Hall–Kier alpha value is -3.15. The first-order valence-electron chi connectivity index (χ1n) is 6.51. The number of aromatic amines is 2. The number of nitrogen functional groups attached to an aromatic ring is 1. The van der Waals surface area contributed by atoms with Gasteiger partial charge in [0.15, 0.2) is 5.82 Å². The molecule has 6 nitrogen and oxygen atoms in total. The van der Waals surface area contributed by atoms with Crippen molar-refractivity contribution in [3.05, 3.63) is 48.9 Å². The maximum Gasteiger partial charge on any atom is 0.153 e. The molecule has 0 amide bonds. The van der Waals surface area contributed by atoms with E-state index in [-0.39, 0.29) is 0 Å². The number of rotatable bonds is 2. The number of anilines is 1. The molecule has 0 unspecified atom stereocenters. The van der Waals surface area contributed by atoms with Gasteiger partial charge in [-0.1, -0.05) is 12.1 Å². The monoisotopic (exact) mass is 276 g/mol. The fourth-order valence-electron chi connectivity index (χ4n) is 2.54. The average molecular weight is 276 g/mol. The van der Waals surface area contributed by atoms with Crippen LogP contribution in [-0.2, 0) is 0 Å². The molecule has 0 aliphatic rings. The number of nitrogens with one attached hydrogen (secondary N) is 2. The molecule has 0 saturated carbocycles. The van der Waals surface area contributed by atoms with E-state index in [1.807, 2.05) is 30.3 Å². The van der Waals surface area contributed by atoms with E-state index in [2.05, 4.69) is 25.4 Å². The zero-order valence-corrected chi connectivity index (χ0v) is 11.0. The van der Waals surface area contributed by atoms with Gasteiger partial charge < -0.3 is 5.73 Å². The van der Waals surface area contributed by atoms with Crippen molar-refractivity contribution >= 4 is 16.7 Å². The lowest BCUT2D eigenvalue weighted by Crippen LogP contribution is -1.89. The minimum atomic E-state index is 0.468. The third-order valence-electron chi connectivity index (χ3n) is 3.52. The number of pyridine rings is 1. The molecule has 3 aromatic heterocycles. The van der Waals surface area contributed by atoms with Gasteiger partial charge in [0, 0.05) is 23.3 Å². The van der Waals surface area contributed by atoms with E-state index in [9.17, 15) is 0 Å². The van der Waals surface area contributed by atoms with Crippen molar-refractivity contribution < 1.29 is 0 Å². The summed E-state index contributed by atoms with van der Waals surface area (Å²) in [6.07, 6.45) is 5.29. The smallest absolute Gasteiger partial charge is 0.153 e. The second-order valence-electron chi connectivity index (χ2n) is 4.73. The highest BCUT2D eigenvalue weighted by Gasteiger charge is 2.17. The molecular weight excluding hydrogens is 264 g/mol. The standard InChI is InChI=1S/C15H12N6/c16-15-13(10-2-1-3-12-11(10)8-18-19-12)14(20-21-15)9-4-6-17-7-5-9/h1-8H,(H,18,19)(H3,16,20,21). The molecule has 0 saturated heterocycles. The molecule has 4 aromatic rings. The van der Waals surface area contributed by atoms with Gasteiger partial charge in [-0.25, -0.2) is 0 Å². The van der Waals surface area contributed by atoms with Crippen molar-refractivity contribution in [2.75, 3.05) is 5.73 Å². The molecule has 0 radical (unpaired) electrons. The largest absolute Gasteiger partial charge is 0.382 e. The van der Waals surface area contributed by atoms with Gasteiger partial charge in [0.05, 0.1) is 23.0 Å². The van der Waals surface area contributed by atoms with Gasteiger partial charge in [-0.3, -0.25) is 15.2 Å². The van der Waals surface area contributed by atoms with E-state index in [0.29, 0.717) is 5.82 Å². The van der Waals surface area contributed by atoms with Crippen LogP contribution in [0.25, 0.3) is 33.3 Å². The molecule has 6 heteroatoms. The van der Waals surface area contributed by atoms with Gasteiger partial charge in [-0.05, 0) is 23.8 Å². The van der Waals surface area contributed by atoms with E-state index in [4.69, 9.17) is 5.73 Å². The van der Waals surface area contributed by atoms with Crippen LogP contribution in [0.2, 0.25) is 0 Å². The maximum absolute atomic E-state index is 6.08. The van der Waals surface area contributed by atoms with E-state index in [0.717, 1.165) is 33.3 Å². The van der Waals surface area contributed by atoms with Gasteiger partial charge in [-0.2, -0.15) is 10.2 Å². The Labute approximate surface area is 120 Å². The van der Waals surface area contributed by atoms with Crippen LogP contribution in [0.5, 0.6) is 0 Å². The SMILES string of the molecule is Nc1n[nH]c(-c2ccncc2)c1-c1cccc2[nH]ncc12. The Morgan fingerprint density at radius 2 is 1.86 bits per heavy atom. The Balaban J connectivity index is 2.01. The van der Waals surface area contributed by atoms with Crippen molar-refractivity contribution in [2.24, 2.45) is 0 Å². The molecule has 3 heterocycles. The maximum atomic E-state index is 6.08. The number of aromatic nitrogens is 5. The molecule has 4 rings (SSSR count). The summed E-state index contributed by atoms with van der Waals surface area (Å²) >= 11 is 0. The first kappa shape index (κ1) is 11.7. The highest BCUT2D eigenvalue weighted by Crippen LogP contribution is 2.37. The van der Waals surface area contributed by atoms with Crippen LogP contribution >= 0.6 is 0 Å². The minimum Gasteiger partial charge on any atom is -0.382 e. The minimum absolute atomic E-state index is 0.468. The lowest BCUT2D eigenvalue weighted by Gasteiger charge is -2.06. The molecule has 102 valence electrons. The lowest BCUT2D eigenvalue weighted by atomic mass is 9.99. The third kappa shape index (κ3) is 1.77. The topological polar surface area (TPSA) is 96.3 Å². The summed E-state index contributed by atoms with van der Waals surface area (Å²) in [6.45, 7) is 0. The summed E-state index contributed by atoms with van der Waals surface area (Å²) < 4.78 is 0. The molecular formula is C15H12N6. The van der Waals surface area contributed by atoms with Gasteiger partial charge in [0.1, 0.15) is 0 Å². The predicted octanol–water partition coefficient (Wildman–Crippen LogP) is 2.60. The van der Waals surface area contributed by atoms with E-state index < -0.39 is 0 Å². The molecule has 0 bridgehead atoms. The molecule has 0 aliphatic carbocycles. The third-order valence-corrected chi connectivity index (χ3v) is 3.52. The number of hydrogen-bond acceptors (Lipinski definition) is 4. The van der Waals surface area contributed by atoms with Crippen molar-refractivity contribution in [3.8, 4) is 22.4 Å². The van der Waals surface area contributed by atoms with Crippen molar-refractivity contribution in [2.45, 2.75) is 0 Å². The van der Waals surface area contributed by atoms with Crippen molar-refractivity contribution in [1.82, 2.24) is 25.4 Å². The van der Waals surface area contributed by atoms with Crippen LogP contribution in [0.3, 0.4) is 0 Å². The summed E-state index contributed by atoms with van der Waals surface area (Å²) in [5.74, 6) is 0.468. The van der Waals surface area contributed by atoms with E-state index in [1.54, 1.807) is 18.6 Å². The van der Waals surface area contributed by atoms with Crippen LogP contribution in [0.1, 0.15) is 0 Å². The van der Waals surface area contributed by atoms with Gasteiger partial charge >= 0.3 is 0 Å². The average Bonchev–Trinajstić information content (AvgIpc) is 3.14. The predicted molar refractivity (Wildman–Crippen MR) is 81.3 cm³/mol. The quantitative estimate of drug-likeness (QED) is 0.524. The molecule has 4 N–H and O–H groups in total. The Morgan fingerprint density at radius 3 is 2.71 bits per heavy atom. The molecule has 0 aliphatic heterocycles. The van der Waals surface area contributed by atoms with Crippen molar-refractivity contribution in [1.29, 1.82) is 0 Å². The normalized spacial score (nSPS) is 11.0. The molecule has 0 atom stereocenters. The van der Waals surface area contributed by atoms with E-state index >= 15 is 0 Å². The van der Waals surface area contributed by atoms with Gasteiger partial charge in [0.25, 0.3) is 0 Å². The number of benzene rings is 1. The summed E-state index contributed by atoms with van der Waals surface area (Å²) in [5.41, 5.74) is 10.8. The van der Waals surface area contributed by atoms with Gasteiger partial charge in [0.2, 0.25) is 0 Å². The Bertz CT molecular complexity index is 906. The van der Waals surface area contributed by atoms with Crippen LogP contribution in [0, 0.1) is 0 Å². The molecule has 0 spiro atoms. The molecule has 21 heavy (non-hydrogen) atoms. The fraction of sp³-hybridized carbons (Fsp3) is 0. The Kier molecular flexibility index (Phi) is 2.47. The van der Waals surface area contributed by atoms with E-state index in [1.165, 1.54) is 0 Å². The second kappa shape index (κ2) is 4.45. The van der Waals surface area contributed by atoms with Crippen LogP contribution in [-0.4, -0.2) is 25.4 Å². The zero-order chi connectivity index (χ0) is 14.2. The van der Waals surface area contributed by atoms with Crippen LogP contribution in [0.4, 0.5) is 5.82 Å². The first-order valence-corrected chi connectivity index (χ1v) is 6.51. The highest BCUT2D eigenvalue weighted by molar-refractivity contribution is 6.01. The number of nitrogens with zero attached hydrogens (tertiary/aromatic N) is 3. The lowest BCUT2D eigenvalue weighted by molar-refractivity contribution is 1.10. The molecule has 0 fully saturated rings. The number of nitrogens with two attached hydrogens (primary N) is 1. The van der Waals surface area contributed by atoms with Crippen LogP contribution < -0.4 is 5.73 Å². The number of H-pyrrole nitrogens is 2. The summed E-state index contributed by atoms with van der Waals surface area (Å²) in [7, 11) is 0. The number of fused-ring (bicyclic) bond motifs is 1. The van der Waals surface area contributed by atoms with Crippen molar-refractivity contribution in [3.63, 3.8) is 0 Å². The van der Waals surface area contributed by atoms with Gasteiger partial charge in [-0.15, -0.1) is 0 Å².